The molecule has 7 nitrogen and oxygen atoms in total. The highest BCUT2D eigenvalue weighted by Crippen LogP contribution is 2.20. The van der Waals surface area contributed by atoms with Crippen LogP contribution in [0.1, 0.15) is 46.5 Å². The molecule has 2 N–H and O–H groups in total. The summed E-state index contributed by atoms with van der Waals surface area (Å²) in [6, 6.07) is 6.11. The summed E-state index contributed by atoms with van der Waals surface area (Å²) in [6.45, 7) is 6.42. The number of hydrogen-bond donors (Lipinski definition) is 2. The van der Waals surface area contributed by atoms with E-state index in [2.05, 4.69) is 10.6 Å². The number of carbonyl (C=O) groups excluding carboxylic acids is 1. The third-order valence-electron chi connectivity index (χ3n) is 4.43. The van der Waals surface area contributed by atoms with Crippen LogP contribution in [0, 0.1) is 10.1 Å². The van der Waals surface area contributed by atoms with E-state index in [0.717, 1.165) is 32.3 Å². The number of non-ortho nitro benzene ring substituents is 1. The van der Waals surface area contributed by atoms with Gasteiger partial charge in [0.2, 0.25) is 5.91 Å². The molecular weight excluding hydrogens is 322 g/mol. The number of amides is 1. The molecule has 0 aromatic heterocycles. The number of benzene rings is 1. The normalized spacial score (nSPS) is 18.6. The predicted octanol–water partition coefficient (Wildman–Crippen LogP) is 3.25. The topological polar surface area (TPSA) is 93.5 Å². The van der Waals surface area contributed by atoms with Crippen molar-refractivity contribution in [2.24, 2.45) is 0 Å². The molecule has 1 aromatic carbocycles. The van der Waals surface area contributed by atoms with Gasteiger partial charge in [-0.2, -0.15) is 0 Å². The van der Waals surface area contributed by atoms with Crippen molar-refractivity contribution in [2.75, 3.05) is 11.9 Å². The smallest absolute Gasteiger partial charge is 0.269 e. The minimum absolute atomic E-state index is 0.0237. The van der Waals surface area contributed by atoms with Gasteiger partial charge < -0.3 is 15.4 Å². The van der Waals surface area contributed by atoms with Gasteiger partial charge in [-0.3, -0.25) is 14.9 Å². The quantitative estimate of drug-likeness (QED) is 0.555. The van der Waals surface area contributed by atoms with Gasteiger partial charge in [0.15, 0.2) is 0 Å². The van der Waals surface area contributed by atoms with Crippen molar-refractivity contribution in [1.82, 2.24) is 5.32 Å². The molecule has 25 heavy (non-hydrogen) atoms. The fraction of sp³-hybridized carbons (Fsp3) is 0.611. The maximum Gasteiger partial charge on any atom is 0.269 e. The Labute approximate surface area is 148 Å². The van der Waals surface area contributed by atoms with Crippen molar-refractivity contribution in [3.05, 3.63) is 34.4 Å². The molecule has 1 fully saturated rings. The van der Waals surface area contributed by atoms with Crippen molar-refractivity contribution in [2.45, 2.75) is 64.1 Å². The van der Waals surface area contributed by atoms with Crippen molar-refractivity contribution in [3.63, 3.8) is 0 Å². The van der Waals surface area contributed by atoms with Gasteiger partial charge in [-0.25, -0.2) is 0 Å². The van der Waals surface area contributed by atoms with E-state index in [-0.39, 0.29) is 17.6 Å². The zero-order chi connectivity index (χ0) is 18.4. The van der Waals surface area contributed by atoms with E-state index in [1.54, 1.807) is 26.0 Å². The Balaban J connectivity index is 1.84. The number of ether oxygens (including phenoxy) is 1. The van der Waals surface area contributed by atoms with Gasteiger partial charge in [0.25, 0.3) is 5.69 Å². The van der Waals surface area contributed by atoms with E-state index in [4.69, 9.17) is 4.74 Å². The van der Waals surface area contributed by atoms with E-state index in [1.807, 2.05) is 6.92 Å². The van der Waals surface area contributed by atoms with Gasteiger partial charge in [0, 0.05) is 30.5 Å². The summed E-state index contributed by atoms with van der Waals surface area (Å²) in [5.41, 5.74) is -0.137. The minimum atomic E-state index is -0.825. The van der Waals surface area contributed by atoms with Crippen LogP contribution in [0.4, 0.5) is 11.4 Å². The maximum atomic E-state index is 12.5. The monoisotopic (exact) mass is 349 g/mol. The second-order valence-electron chi connectivity index (χ2n) is 7.14. The van der Waals surface area contributed by atoms with Crippen LogP contribution in [0.3, 0.4) is 0 Å². The molecule has 1 aliphatic rings. The number of hydrogen-bond acceptors (Lipinski definition) is 5. The van der Waals surface area contributed by atoms with Crippen LogP contribution in [0.5, 0.6) is 0 Å². The molecule has 2 atom stereocenters. The molecule has 0 saturated carbocycles. The number of rotatable bonds is 8. The second-order valence-corrected chi connectivity index (χ2v) is 7.14. The molecule has 1 aromatic rings. The van der Waals surface area contributed by atoms with Crippen LogP contribution >= 0.6 is 0 Å². The molecule has 1 heterocycles. The molecule has 0 radical (unpaired) electrons. The van der Waals surface area contributed by atoms with Crippen molar-refractivity contribution in [1.29, 1.82) is 0 Å². The Kier molecular flexibility index (Phi) is 6.36. The fourth-order valence-corrected chi connectivity index (χ4v) is 2.87. The summed E-state index contributed by atoms with van der Waals surface area (Å²) >= 11 is 0. The second kappa shape index (κ2) is 8.29. The van der Waals surface area contributed by atoms with E-state index < -0.39 is 10.5 Å². The van der Waals surface area contributed by atoms with Crippen molar-refractivity contribution < 1.29 is 14.5 Å². The summed E-state index contributed by atoms with van der Waals surface area (Å²) in [7, 11) is 0. The van der Waals surface area contributed by atoms with Crippen LogP contribution in [0.25, 0.3) is 0 Å². The first kappa shape index (κ1) is 19.2. The van der Waals surface area contributed by atoms with E-state index in [9.17, 15) is 14.9 Å². The summed E-state index contributed by atoms with van der Waals surface area (Å²) in [5.74, 6) is -0.106. The molecule has 1 amide bonds. The number of nitro benzene ring substituents is 1. The molecule has 1 aliphatic heterocycles. The molecule has 1 saturated heterocycles. The van der Waals surface area contributed by atoms with Crippen molar-refractivity contribution >= 4 is 17.3 Å². The zero-order valence-corrected chi connectivity index (χ0v) is 15.1. The first-order valence-corrected chi connectivity index (χ1v) is 8.73. The SMILES string of the molecule is C[C@@H](CC[C@H]1CCCO1)NC(=O)C(C)(C)Nc1ccc([N+](=O)[O-])cc1. The lowest BCUT2D eigenvalue weighted by Crippen LogP contribution is -2.50. The third-order valence-corrected chi connectivity index (χ3v) is 4.43. The van der Waals surface area contributed by atoms with E-state index in [1.165, 1.54) is 12.1 Å². The van der Waals surface area contributed by atoms with Crippen LogP contribution in [0.2, 0.25) is 0 Å². The average Bonchev–Trinajstić information content (AvgIpc) is 3.06. The Hall–Kier alpha value is -2.15. The van der Waals surface area contributed by atoms with E-state index in [0.29, 0.717) is 11.8 Å². The molecular formula is C18H27N3O4. The van der Waals surface area contributed by atoms with Crippen LogP contribution in [-0.4, -0.2) is 35.1 Å². The van der Waals surface area contributed by atoms with Gasteiger partial charge in [-0.15, -0.1) is 0 Å². The number of nitro groups is 1. The molecule has 0 unspecified atom stereocenters. The maximum absolute atomic E-state index is 12.5. The Bertz CT molecular complexity index is 595. The Morgan fingerprint density at radius 2 is 2.08 bits per heavy atom. The van der Waals surface area contributed by atoms with Gasteiger partial charge in [0.05, 0.1) is 11.0 Å². The van der Waals surface area contributed by atoms with Crippen molar-refractivity contribution in [3.8, 4) is 0 Å². The lowest BCUT2D eigenvalue weighted by Gasteiger charge is -2.28. The molecule has 138 valence electrons. The lowest BCUT2D eigenvalue weighted by molar-refractivity contribution is -0.384. The standard InChI is InChI=1S/C18H27N3O4/c1-13(6-11-16-5-4-12-25-16)19-17(22)18(2,3)20-14-7-9-15(10-8-14)21(23)24/h7-10,13,16,20H,4-6,11-12H2,1-3H3,(H,19,22)/t13-,16+/m0/s1. The first-order chi connectivity index (χ1) is 11.8. The number of anilines is 1. The summed E-state index contributed by atoms with van der Waals surface area (Å²) in [4.78, 5) is 22.8. The molecule has 2 rings (SSSR count). The molecule has 0 spiro atoms. The van der Waals surface area contributed by atoms with Gasteiger partial charge in [0.1, 0.15) is 5.54 Å². The molecule has 7 heteroatoms. The largest absolute Gasteiger partial charge is 0.378 e. The predicted molar refractivity (Wildman–Crippen MR) is 96.6 cm³/mol. The molecule has 0 aliphatic carbocycles. The summed E-state index contributed by atoms with van der Waals surface area (Å²) in [6.07, 6.45) is 4.39. The van der Waals surface area contributed by atoms with Crippen LogP contribution in [0.15, 0.2) is 24.3 Å². The van der Waals surface area contributed by atoms with Gasteiger partial charge in [-0.1, -0.05) is 0 Å². The van der Waals surface area contributed by atoms with E-state index >= 15 is 0 Å². The summed E-state index contributed by atoms with van der Waals surface area (Å²) < 4.78 is 5.61. The lowest BCUT2D eigenvalue weighted by atomic mass is 10.0. The third kappa shape index (κ3) is 5.70. The number of nitrogens with zero attached hydrogens (tertiary/aromatic N) is 1. The van der Waals surface area contributed by atoms with Crippen LogP contribution < -0.4 is 10.6 Å². The van der Waals surface area contributed by atoms with Gasteiger partial charge >= 0.3 is 0 Å². The summed E-state index contributed by atoms with van der Waals surface area (Å²) in [5, 5.41) is 16.9. The Morgan fingerprint density at radius 1 is 1.40 bits per heavy atom. The highest BCUT2D eigenvalue weighted by atomic mass is 16.6. The highest BCUT2D eigenvalue weighted by Gasteiger charge is 2.28. The van der Waals surface area contributed by atoms with Gasteiger partial charge in [-0.05, 0) is 58.6 Å². The Morgan fingerprint density at radius 3 is 2.64 bits per heavy atom. The van der Waals surface area contributed by atoms with Crippen LogP contribution in [-0.2, 0) is 9.53 Å². The molecule has 0 bridgehead atoms. The minimum Gasteiger partial charge on any atom is -0.378 e. The number of carbonyl (C=O) groups is 1. The average molecular weight is 349 g/mol. The zero-order valence-electron chi connectivity index (χ0n) is 15.1. The first-order valence-electron chi connectivity index (χ1n) is 8.73. The fourth-order valence-electron chi connectivity index (χ4n) is 2.87. The highest BCUT2D eigenvalue weighted by molar-refractivity contribution is 5.88. The number of nitrogens with one attached hydrogen (secondary N) is 2.